The zero-order valence-corrected chi connectivity index (χ0v) is 16.9. The van der Waals surface area contributed by atoms with E-state index >= 15 is 0 Å². The van der Waals surface area contributed by atoms with Gasteiger partial charge in [-0.15, -0.1) is 11.3 Å². The zero-order valence-electron chi connectivity index (χ0n) is 16.1. The molecular weight excluding hydrogens is 388 g/mol. The molecule has 148 valence electrons. The monoisotopic (exact) mass is 408 g/mol. The third-order valence-corrected chi connectivity index (χ3v) is 5.56. The first-order valence-electron chi connectivity index (χ1n) is 9.18. The number of nitrogens with one attached hydrogen (secondary N) is 2. The lowest BCUT2D eigenvalue weighted by Gasteiger charge is -2.17. The van der Waals surface area contributed by atoms with Gasteiger partial charge in [-0.2, -0.15) is 5.10 Å². The van der Waals surface area contributed by atoms with E-state index in [1.165, 1.54) is 11.3 Å². The lowest BCUT2D eigenvalue weighted by Crippen LogP contribution is -2.18. The second kappa shape index (κ2) is 7.96. The van der Waals surface area contributed by atoms with Gasteiger partial charge in [-0.05, 0) is 31.0 Å². The minimum atomic E-state index is -0.240. The van der Waals surface area contributed by atoms with Crippen LogP contribution in [-0.2, 0) is 17.8 Å². The fraction of sp³-hybridized carbons (Fsp3) is 0.250. The maximum atomic E-state index is 12.6. The number of thiazole rings is 1. The molecule has 0 fully saturated rings. The van der Waals surface area contributed by atoms with Crippen LogP contribution in [-0.4, -0.2) is 39.8 Å². The molecule has 0 spiro atoms. The van der Waals surface area contributed by atoms with Crippen LogP contribution in [0.25, 0.3) is 11.3 Å². The van der Waals surface area contributed by atoms with Crippen molar-refractivity contribution in [2.45, 2.75) is 26.3 Å². The summed E-state index contributed by atoms with van der Waals surface area (Å²) in [7, 11) is 1.70. The largest absolute Gasteiger partial charge is 0.326 e. The number of fused-ring (bicyclic) bond motifs is 1. The molecule has 0 atom stereocenters. The van der Waals surface area contributed by atoms with Gasteiger partial charge in [-0.25, -0.2) is 4.98 Å². The van der Waals surface area contributed by atoms with E-state index in [0.29, 0.717) is 23.7 Å². The SMILES string of the molecule is CN=CCn1ncc(C(=O)Nc2nc(-c3ccc4c(c3)CCC(=O)N4)cs2)c1C. The quantitative estimate of drug-likeness (QED) is 0.633. The maximum absolute atomic E-state index is 12.6. The van der Waals surface area contributed by atoms with E-state index < -0.39 is 0 Å². The highest BCUT2D eigenvalue weighted by Crippen LogP contribution is 2.30. The molecule has 8 nitrogen and oxygen atoms in total. The van der Waals surface area contributed by atoms with Gasteiger partial charge in [0, 0.05) is 42.0 Å². The minimum absolute atomic E-state index is 0.0458. The highest BCUT2D eigenvalue weighted by atomic mass is 32.1. The molecule has 0 radical (unpaired) electrons. The smallest absolute Gasteiger partial charge is 0.260 e. The number of hydrogen-bond donors (Lipinski definition) is 2. The maximum Gasteiger partial charge on any atom is 0.260 e. The van der Waals surface area contributed by atoms with Gasteiger partial charge in [-0.3, -0.25) is 24.6 Å². The highest BCUT2D eigenvalue weighted by molar-refractivity contribution is 7.14. The van der Waals surface area contributed by atoms with Gasteiger partial charge in [0.15, 0.2) is 5.13 Å². The van der Waals surface area contributed by atoms with E-state index in [1.807, 2.05) is 30.5 Å². The van der Waals surface area contributed by atoms with Crippen molar-refractivity contribution in [3.8, 4) is 11.3 Å². The molecule has 3 aromatic rings. The summed E-state index contributed by atoms with van der Waals surface area (Å²) in [6, 6.07) is 5.87. The van der Waals surface area contributed by atoms with Gasteiger partial charge < -0.3 is 5.32 Å². The van der Waals surface area contributed by atoms with E-state index in [4.69, 9.17) is 0 Å². The highest BCUT2D eigenvalue weighted by Gasteiger charge is 2.18. The number of nitrogens with zero attached hydrogens (tertiary/aromatic N) is 4. The number of aryl methyl sites for hydroxylation is 1. The number of carbonyl (C=O) groups excluding carboxylic acids is 2. The Morgan fingerprint density at radius 1 is 1.41 bits per heavy atom. The summed E-state index contributed by atoms with van der Waals surface area (Å²) in [5.74, 6) is -0.194. The van der Waals surface area contributed by atoms with Crippen LogP contribution in [0.3, 0.4) is 0 Å². The third kappa shape index (κ3) is 3.95. The number of aliphatic imine (C=N–C) groups is 1. The van der Waals surface area contributed by atoms with Crippen LogP contribution in [0.4, 0.5) is 10.8 Å². The van der Waals surface area contributed by atoms with Gasteiger partial charge in [0.25, 0.3) is 5.91 Å². The Balaban J connectivity index is 1.49. The molecular formula is C20H20N6O2S. The average molecular weight is 408 g/mol. The topological polar surface area (TPSA) is 101 Å². The van der Waals surface area contributed by atoms with E-state index in [-0.39, 0.29) is 11.8 Å². The van der Waals surface area contributed by atoms with Crippen molar-refractivity contribution >= 4 is 40.2 Å². The molecule has 0 aliphatic carbocycles. The molecule has 4 rings (SSSR count). The summed E-state index contributed by atoms with van der Waals surface area (Å²) in [5, 5.41) is 12.4. The normalized spacial score (nSPS) is 13.4. The summed E-state index contributed by atoms with van der Waals surface area (Å²) in [5.41, 5.74) is 4.98. The van der Waals surface area contributed by atoms with Gasteiger partial charge in [0.05, 0.1) is 24.0 Å². The fourth-order valence-corrected chi connectivity index (χ4v) is 3.90. The fourth-order valence-electron chi connectivity index (χ4n) is 3.18. The van der Waals surface area contributed by atoms with Crippen molar-refractivity contribution < 1.29 is 9.59 Å². The molecule has 3 heterocycles. The molecule has 2 N–H and O–H groups in total. The number of rotatable bonds is 5. The predicted octanol–water partition coefficient (Wildman–Crippen LogP) is 3.15. The molecule has 1 aliphatic heterocycles. The van der Waals surface area contributed by atoms with Crippen molar-refractivity contribution in [2.24, 2.45) is 4.99 Å². The van der Waals surface area contributed by atoms with Crippen molar-refractivity contribution in [3.05, 3.63) is 46.6 Å². The summed E-state index contributed by atoms with van der Waals surface area (Å²) in [4.78, 5) is 32.6. The number of aromatic nitrogens is 3. The van der Waals surface area contributed by atoms with Crippen molar-refractivity contribution in [3.63, 3.8) is 0 Å². The van der Waals surface area contributed by atoms with E-state index in [9.17, 15) is 9.59 Å². The summed E-state index contributed by atoms with van der Waals surface area (Å²) < 4.78 is 1.72. The second-order valence-electron chi connectivity index (χ2n) is 6.68. The minimum Gasteiger partial charge on any atom is -0.326 e. The van der Waals surface area contributed by atoms with Crippen molar-refractivity contribution in [1.29, 1.82) is 0 Å². The molecule has 1 aliphatic rings. The predicted molar refractivity (Wildman–Crippen MR) is 114 cm³/mol. The van der Waals surface area contributed by atoms with Crippen LogP contribution in [0, 0.1) is 6.92 Å². The standard InChI is InChI=1S/C20H20N6O2S/c1-12-15(10-22-26(12)8-7-21-2)19(28)25-20-24-17(11-29-20)14-3-5-16-13(9-14)4-6-18(27)23-16/h3,5,7,9-11H,4,6,8H2,1-2H3,(H,23,27)(H,24,25,28). The van der Waals surface area contributed by atoms with Crippen LogP contribution in [0.2, 0.25) is 0 Å². The number of benzene rings is 1. The molecule has 2 amide bonds. The van der Waals surface area contributed by atoms with Crippen LogP contribution in [0.5, 0.6) is 0 Å². The third-order valence-electron chi connectivity index (χ3n) is 4.81. The van der Waals surface area contributed by atoms with E-state index in [1.54, 1.807) is 24.1 Å². The van der Waals surface area contributed by atoms with Crippen LogP contribution < -0.4 is 10.6 Å². The van der Waals surface area contributed by atoms with Gasteiger partial charge >= 0.3 is 0 Å². The molecule has 0 unspecified atom stereocenters. The second-order valence-corrected chi connectivity index (χ2v) is 7.54. The molecule has 1 aromatic carbocycles. The Labute approximate surface area is 171 Å². The molecule has 29 heavy (non-hydrogen) atoms. The number of hydrogen-bond acceptors (Lipinski definition) is 6. The van der Waals surface area contributed by atoms with Crippen LogP contribution >= 0.6 is 11.3 Å². The first-order valence-corrected chi connectivity index (χ1v) is 10.1. The Hall–Kier alpha value is -3.33. The molecule has 0 saturated carbocycles. The summed E-state index contributed by atoms with van der Waals surface area (Å²) in [6.07, 6.45) is 4.50. The lowest BCUT2D eigenvalue weighted by atomic mass is 9.99. The van der Waals surface area contributed by atoms with Crippen molar-refractivity contribution in [2.75, 3.05) is 17.7 Å². The average Bonchev–Trinajstić information content (AvgIpc) is 3.32. The number of anilines is 2. The Bertz CT molecular complexity index is 1110. The number of carbonyl (C=O) groups is 2. The molecule has 9 heteroatoms. The Morgan fingerprint density at radius 3 is 3.10 bits per heavy atom. The van der Waals surface area contributed by atoms with Gasteiger partial charge in [0.2, 0.25) is 5.91 Å². The summed E-state index contributed by atoms with van der Waals surface area (Å²) >= 11 is 1.37. The first kappa shape index (κ1) is 19.0. The van der Waals surface area contributed by atoms with E-state index in [2.05, 4.69) is 25.7 Å². The van der Waals surface area contributed by atoms with Crippen LogP contribution in [0.15, 0.2) is 34.8 Å². The molecule has 2 aromatic heterocycles. The van der Waals surface area contributed by atoms with Gasteiger partial charge in [-0.1, -0.05) is 6.07 Å². The Morgan fingerprint density at radius 2 is 2.28 bits per heavy atom. The Kier molecular flexibility index (Phi) is 5.22. The van der Waals surface area contributed by atoms with Gasteiger partial charge in [0.1, 0.15) is 0 Å². The molecule has 0 saturated heterocycles. The summed E-state index contributed by atoms with van der Waals surface area (Å²) in [6.45, 7) is 2.38. The zero-order chi connectivity index (χ0) is 20.4. The van der Waals surface area contributed by atoms with Crippen LogP contribution in [0.1, 0.15) is 28.0 Å². The number of amides is 2. The van der Waals surface area contributed by atoms with Crippen molar-refractivity contribution in [1.82, 2.24) is 14.8 Å². The lowest BCUT2D eigenvalue weighted by molar-refractivity contribution is -0.116. The molecule has 0 bridgehead atoms. The first-order chi connectivity index (χ1) is 14.0. The van der Waals surface area contributed by atoms with E-state index in [0.717, 1.165) is 34.6 Å².